The number of H-pyrrole nitrogens is 1. The Balaban J connectivity index is 3.08. The van der Waals surface area contributed by atoms with Gasteiger partial charge in [-0.25, -0.2) is 5.10 Å². The molecular weight excluding hydrogens is 188 g/mol. The molecule has 0 amide bonds. The van der Waals surface area contributed by atoms with Gasteiger partial charge in [-0.3, -0.25) is 4.79 Å². The van der Waals surface area contributed by atoms with Crippen LogP contribution >= 0.6 is 23.3 Å². The van der Waals surface area contributed by atoms with E-state index in [0.717, 1.165) is 11.7 Å². The minimum absolute atomic E-state index is 0.174. The van der Waals surface area contributed by atoms with Crippen molar-refractivity contribution >= 4 is 34.4 Å². The highest BCUT2D eigenvalue weighted by molar-refractivity contribution is 7.00. The van der Waals surface area contributed by atoms with Crippen LogP contribution in [-0.2, 0) is 0 Å². The molecule has 2 aromatic heterocycles. The molecule has 0 aromatic carbocycles. The van der Waals surface area contributed by atoms with Crippen LogP contribution in [0.4, 0.5) is 0 Å². The summed E-state index contributed by atoms with van der Waals surface area (Å²) in [5, 5.41) is 5.88. The lowest BCUT2D eigenvalue weighted by Gasteiger charge is -1.85. The van der Waals surface area contributed by atoms with E-state index in [4.69, 9.17) is 11.6 Å². The van der Waals surface area contributed by atoms with Crippen molar-refractivity contribution in [3.63, 3.8) is 0 Å². The van der Waals surface area contributed by atoms with Crippen LogP contribution in [0.5, 0.6) is 0 Å². The molecule has 7 heteroatoms. The van der Waals surface area contributed by atoms with Gasteiger partial charge in [0.2, 0.25) is 0 Å². The molecule has 1 N–H and O–H groups in total. The average Bonchev–Trinajstić information content (AvgIpc) is 2.45. The van der Waals surface area contributed by atoms with Crippen LogP contribution < -0.4 is 5.56 Å². The SMILES string of the molecule is O=c1[nH]nc(Cl)c2nsnc12. The summed E-state index contributed by atoms with van der Waals surface area (Å²) in [5.74, 6) is 0. The quantitative estimate of drug-likeness (QED) is 0.651. The zero-order valence-electron chi connectivity index (χ0n) is 5.04. The monoisotopic (exact) mass is 188 g/mol. The van der Waals surface area contributed by atoms with E-state index in [-0.39, 0.29) is 16.2 Å². The first-order chi connectivity index (χ1) is 5.29. The third kappa shape index (κ3) is 0.908. The molecule has 0 radical (unpaired) electrons. The van der Waals surface area contributed by atoms with Gasteiger partial charge in [0.25, 0.3) is 5.56 Å². The number of fused-ring (bicyclic) bond motifs is 1. The van der Waals surface area contributed by atoms with Crippen molar-refractivity contribution in [3.05, 3.63) is 15.5 Å². The highest BCUT2D eigenvalue weighted by atomic mass is 35.5. The molecule has 2 aromatic rings. The summed E-state index contributed by atoms with van der Waals surface area (Å²) in [6, 6.07) is 0. The summed E-state index contributed by atoms with van der Waals surface area (Å²) >= 11 is 6.53. The van der Waals surface area contributed by atoms with Crippen molar-refractivity contribution in [3.8, 4) is 0 Å². The minimum atomic E-state index is -0.363. The lowest BCUT2D eigenvalue weighted by Crippen LogP contribution is -2.07. The first kappa shape index (κ1) is 6.68. The summed E-state index contributed by atoms with van der Waals surface area (Å²) in [6.45, 7) is 0. The summed E-state index contributed by atoms with van der Waals surface area (Å²) in [5.41, 5.74) is 0.244. The van der Waals surface area contributed by atoms with Crippen LogP contribution in [0.3, 0.4) is 0 Å². The van der Waals surface area contributed by atoms with E-state index < -0.39 is 0 Å². The molecule has 0 aliphatic carbocycles. The lowest BCUT2D eigenvalue weighted by atomic mass is 10.5. The van der Waals surface area contributed by atoms with Gasteiger partial charge in [0.05, 0.1) is 11.7 Å². The Labute approximate surface area is 69.3 Å². The predicted octanol–water partition coefficient (Wildman–Crippen LogP) is 0.428. The summed E-state index contributed by atoms with van der Waals surface area (Å²) in [4.78, 5) is 10.9. The van der Waals surface area contributed by atoms with Gasteiger partial charge >= 0.3 is 0 Å². The van der Waals surface area contributed by atoms with E-state index >= 15 is 0 Å². The number of hydrogen-bond donors (Lipinski definition) is 1. The third-order valence-corrected chi connectivity index (χ3v) is 1.95. The van der Waals surface area contributed by atoms with Crippen molar-refractivity contribution in [2.75, 3.05) is 0 Å². The van der Waals surface area contributed by atoms with E-state index in [1.54, 1.807) is 0 Å². The van der Waals surface area contributed by atoms with Crippen molar-refractivity contribution in [1.82, 2.24) is 18.9 Å². The van der Waals surface area contributed by atoms with Crippen LogP contribution in [0.15, 0.2) is 4.79 Å². The molecule has 0 saturated heterocycles. The molecule has 0 spiro atoms. The van der Waals surface area contributed by atoms with Crippen molar-refractivity contribution in [2.24, 2.45) is 0 Å². The second-order valence-corrected chi connectivity index (χ2v) is 2.69. The molecule has 2 rings (SSSR count). The van der Waals surface area contributed by atoms with Crippen molar-refractivity contribution < 1.29 is 0 Å². The molecule has 0 fully saturated rings. The Hall–Kier alpha value is -1.01. The van der Waals surface area contributed by atoms with Gasteiger partial charge in [-0.2, -0.15) is 13.8 Å². The maximum Gasteiger partial charge on any atom is 0.293 e. The van der Waals surface area contributed by atoms with Crippen molar-refractivity contribution in [2.45, 2.75) is 0 Å². The lowest BCUT2D eigenvalue weighted by molar-refractivity contribution is 1.01. The molecule has 0 bridgehead atoms. The first-order valence-corrected chi connectivity index (χ1v) is 3.76. The van der Waals surface area contributed by atoms with Gasteiger partial charge in [-0.1, -0.05) is 11.6 Å². The molecule has 0 saturated carbocycles. The number of nitrogens with one attached hydrogen (secondary N) is 1. The Morgan fingerprint density at radius 3 is 2.82 bits per heavy atom. The molecule has 56 valence electrons. The van der Waals surface area contributed by atoms with Crippen LogP contribution in [0.2, 0.25) is 5.15 Å². The molecular formula is C4HClN4OS. The van der Waals surface area contributed by atoms with E-state index in [1.165, 1.54) is 0 Å². The molecule has 5 nitrogen and oxygen atoms in total. The zero-order chi connectivity index (χ0) is 7.84. The molecule has 0 aliphatic rings. The number of rotatable bonds is 0. The van der Waals surface area contributed by atoms with Crippen molar-refractivity contribution in [1.29, 1.82) is 0 Å². The van der Waals surface area contributed by atoms with E-state index in [2.05, 4.69) is 18.9 Å². The van der Waals surface area contributed by atoms with E-state index in [9.17, 15) is 4.79 Å². The standard InChI is InChI=1S/C4HClN4OS/c5-3-1-2(9-11-8-1)4(10)7-6-3/h(H,7,10). The van der Waals surface area contributed by atoms with E-state index in [1.807, 2.05) is 0 Å². The third-order valence-electron chi connectivity index (χ3n) is 1.15. The molecule has 0 aliphatic heterocycles. The smallest absolute Gasteiger partial charge is 0.265 e. The van der Waals surface area contributed by atoms with Gasteiger partial charge < -0.3 is 0 Å². The largest absolute Gasteiger partial charge is 0.293 e. The highest BCUT2D eigenvalue weighted by Gasteiger charge is 2.07. The van der Waals surface area contributed by atoms with Gasteiger partial charge in [0.1, 0.15) is 5.52 Å². The summed E-state index contributed by atoms with van der Waals surface area (Å²) in [6.07, 6.45) is 0. The van der Waals surface area contributed by atoms with Crippen LogP contribution in [-0.4, -0.2) is 18.9 Å². The Kier molecular flexibility index (Phi) is 1.36. The summed E-state index contributed by atoms with van der Waals surface area (Å²) < 4.78 is 7.54. The number of nitrogens with zero attached hydrogens (tertiary/aromatic N) is 3. The summed E-state index contributed by atoms with van der Waals surface area (Å²) in [7, 11) is 0. The molecule has 0 unspecified atom stereocenters. The normalized spacial score (nSPS) is 10.6. The van der Waals surface area contributed by atoms with Gasteiger partial charge in [0.15, 0.2) is 10.7 Å². The fourth-order valence-corrected chi connectivity index (χ4v) is 1.45. The van der Waals surface area contributed by atoms with Crippen LogP contribution in [0, 0.1) is 0 Å². The second kappa shape index (κ2) is 2.24. The first-order valence-electron chi connectivity index (χ1n) is 2.65. The van der Waals surface area contributed by atoms with Crippen LogP contribution in [0.1, 0.15) is 0 Å². The Morgan fingerprint density at radius 2 is 2.09 bits per heavy atom. The predicted molar refractivity (Wildman–Crippen MR) is 40.8 cm³/mol. The molecule has 2 heterocycles. The Bertz CT molecular complexity index is 449. The number of aromatic amines is 1. The van der Waals surface area contributed by atoms with Gasteiger partial charge in [-0.05, 0) is 0 Å². The zero-order valence-corrected chi connectivity index (χ0v) is 6.61. The highest BCUT2D eigenvalue weighted by Crippen LogP contribution is 2.13. The minimum Gasteiger partial charge on any atom is -0.265 e. The Morgan fingerprint density at radius 1 is 1.36 bits per heavy atom. The number of aromatic nitrogens is 4. The number of halogens is 1. The fraction of sp³-hybridized carbons (Fsp3) is 0. The topological polar surface area (TPSA) is 71.5 Å². The van der Waals surface area contributed by atoms with Crippen LogP contribution in [0.25, 0.3) is 11.0 Å². The molecule has 11 heavy (non-hydrogen) atoms. The number of hydrogen-bond acceptors (Lipinski definition) is 5. The van der Waals surface area contributed by atoms with Gasteiger partial charge in [0, 0.05) is 0 Å². The average molecular weight is 189 g/mol. The maximum absolute atomic E-state index is 10.9. The fourth-order valence-electron chi connectivity index (χ4n) is 0.679. The molecule has 0 atom stereocenters. The van der Waals surface area contributed by atoms with Gasteiger partial charge in [-0.15, -0.1) is 0 Å². The second-order valence-electron chi connectivity index (χ2n) is 1.80. The maximum atomic E-state index is 10.9. The van der Waals surface area contributed by atoms with E-state index in [0.29, 0.717) is 5.52 Å².